The minimum Gasteiger partial charge on any atom is -0.360 e. The number of anilines is 1. The number of rotatable bonds is 4. The second-order valence-electron chi connectivity index (χ2n) is 6.37. The van der Waals surface area contributed by atoms with E-state index in [-0.39, 0.29) is 22.8 Å². The molecule has 0 aliphatic carbocycles. The molecule has 1 atom stereocenters. The molecule has 1 fully saturated rings. The number of hydrogen-bond donors (Lipinski definition) is 2. The van der Waals surface area contributed by atoms with Gasteiger partial charge in [0, 0.05) is 34.8 Å². The Hall–Kier alpha value is -2.14. The van der Waals surface area contributed by atoms with Gasteiger partial charge in [0.25, 0.3) is 18.3 Å². The quantitative estimate of drug-likeness (QED) is 0.462. The van der Waals surface area contributed by atoms with Gasteiger partial charge in [-0.3, -0.25) is 4.79 Å². The fourth-order valence-corrected chi connectivity index (χ4v) is 3.55. The average Bonchev–Trinajstić information content (AvgIpc) is 2.65. The molecule has 1 aromatic heterocycles. The third kappa shape index (κ3) is 3.97. The minimum absolute atomic E-state index is 0.00931. The van der Waals surface area contributed by atoms with Crippen LogP contribution in [-0.4, -0.2) is 28.2 Å². The van der Waals surface area contributed by atoms with E-state index in [1.807, 2.05) is 5.32 Å². The molecule has 11 heteroatoms. The molecule has 1 amide bonds. The number of aromatic nitrogens is 1. The van der Waals surface area contributed by atoms with E-state index in [1.165, 1.54) is 12.3 Å². The molecular weight excluding hydrogens is 481 g/mol. The summed E-state index contributed by atoms with van der Waals surface area (Å²) < 4.78 is 72.2. The summed E-state index contributed by atoms with van der Waals surface area (Å²) in [5.74, 6) is -5.98. The standard InChI is InChI=1S/C18H13BrF5N3OS/c19-9-1-4-13(25-8-9)15(28)26-10-2-3-12(20)11(7-10)18(16(21)22)17(23,24)6-5-14(29)27-18/h1-4,7-8,16H,5-6H2,(H,26,28)(H,27,29). The van der Waals surface area contributed by atoms with Crippen LogP contribution in [0.2, 0.25) is 0 Å². The van der Waals surface area contributed by atoms with Gasteiger partial charge in [0.05, 0.1) is 4.99 Å². The van der Waals surface area contributed by atoms with Crippen molar-refractivity contribution in [2.24, 2.45) is 0 Å². The number of carbonyl (C=O) groups is 1. The van der Waals surface area contributed by atoms with Crippen molar-refractivity contribution in [3.63, 3.8) is 0 Å². The molecule has 154 valence electrons. The Morgan fingerprint density at radius 1 is 1.28 bits per heavy atom. The lowest BCUT2D eigenvalue weighted by Crippen LogP contribution is -2.65. The number of benzene rings is 1. The number of amides is 1. The van der Waals surface area contributed by atoms with Crippen molar-refractivity contribution in [1.29, 1.82) is 0 Å². The largest absolute Gasteiger partial charge is 0.360 e. The number of halogens is 6. The van der Waals surface area contributed by atoms with Crippen LogP contribution in [-0.2, 0) is 5.54 Å². The molecule has 2 N–H and O–H groups in total. The monoisotopic (exact) mass is 493 g/mol. The van der Waals surface area contributed by atoms with Crippen LogP contribution in [0.4, 0.5) is 27.6 Å². The Bertz CT molecular complexity index is 957. The van der Waals surface area contributed by atoms with Crippen molar-refractivity contribution in [3.05, 3.63) is 58.1 Å². The van der Waals surface area contributed by atoms with Crippen LogP contribution in [0.1, 0.15) is 28.9 Å². The summed E-state index contributed by atoms with van der Waals surface area (Å²) in [6.45, 7) is 0. The van der Waals surface area contributed by atoms with Gasteiger partial charge in [-0.2, -0.15) is 0 Å². The zero-order valence-electron chi connectivity index (χ0n) is 14.5. The van der Waals surface area contributed by atoms with Crippen LogP contribution < -0.4 is 10.6 Å². The smallest absolute Gasteiger partial charge is 0.280 e. The second kappa shape index (κ2) is 7.94. The number of nitrogens with one attached hydrogen (secondary N) is 2. The first kappa shape index (κ1) is 21.6. The molecule has 1 saturated heterocycles. The van der Waals surface area contributed by atoms with Gasteiger partial charge < -0.3 is 10.6 Å². The summed E-state index contributed by atoms with van der Waals surface area (Å²) in [4.78, 5) is 15.9. The molecule has 29 heavy (non-hydrogen) atoms. The van der Waals surface area contributed by atoms with E-state index in [0.29, 0.717) is 4.47 Å². The number of nitrogens with zero attached hydrogens (tertiary/aromatic N) is 1. The molecule has 0 bridgehead atoms. The molecule has 0 spiro atoms. The van der Waals surface area contributed by atoms with Crippen molar-refractivity contribution in [3.8, 4) is 0 Å². The Morgan fingerprint density at radius 3 is 2.62 bits per heavy atom. The molecule has 0 saturated carbocycles. The van der Waals surface area contributed by atoms with Crippen molar-refractivity contribution in [1.82, 2.24) is 10.3 Å². The normalized spacial score (nSPS) is 21.0. The molecule has 1 aliphatic heterocycles. The van der Waals surface area contributed by atoms with Gasteiger partial charge in [-0.25, -0.2) is 26.9 Å². The van der Waals surface area contributed by atoms with Crippen molar-refractivity contribution in [2.75, 3.05) is 5.32 Å². The highest BCUT2D eigenvalue weighted by Crippen LogP contribution is 2.48. The van der Waals surface area contributed by atoms with E-state index < -0.39 is 41.6 Å². The van der Waals surface area contributed by atoms with Crippen molar-refractivity contribution < 1.29 is 26.7 Å². The maximum absolute atomic E-state index is 14.6. The van der Waals surface area contributed by atoms with Crippen LogP contribution in [0.15, 0.2) is 41.0 Å². The summed E-state index contributed by atoms with van der Waals surface area (Å²) in [6, 6.07) is 5.51. The van der Waals surface area contributed by atoms with Gasteiger partial charge in [0.2, 0.25) is 0 Å². The van der Waals surface area contributed by atoms with Gasteiger partial charge in [0.1, 0.15) is 11.5 Å². The molecule has 1 unspecified atom stereocenters. The molecule has 0 radical (unpaired) electrons. The van der Waals surface area contributed by atoms with Crippen LogP contribution in [0.3, 0.4) is 0 Å². The maximum Gasteiger partial charge on any atom is 0.280 e. The van der Waals surface area contributed by atoms with E-state index in [1.54, 1.807) is 6.07 Å². The zero-order valence-corrected chi connectivity index (χ0v) is 16.9. The van der Waals surface area contributed by atoms with Crippen molar-refractivity contribution >= 4 is 44.7 Å². The number of hydrogen-bond acceptors (Lipinski definition) is 3. The topological polar surface area (TPSA) is 54.0 Å². The first-order valence-electron chi connectivity index (χ1n) is 8.27. The molecular formula is C18H13BrF5N3OS. The third-order valence-corrected chi connectivity index (χ3v) is 5.29. The predicted octanol–water partition coefficient (Wildman–Crippen LogP) is 5.04. The molecule has 2 heterocycles. The number of thiocarbonyl (C=S) groups is 1. The highest BCUT2D eigenvalue weighted by molar-refractivity contribution is 9.10. The SMILES string of the molecule is O=C(Nc1ccc(F)c(C2(C(F)F)NC(=S)CCC2(F)F)c1)c1ccc(Br)cn1. The Balaban J connectivity index is 2.02. The van der Waals surface area contributed by atoms with Crippen LogP contribution in [0.25, 0.3) is 0 Å². The molecule has 4 nitrogen and oxygen atoms in total. The van der Waals surface area contributed by atoms with Gasteiger partial charge in [0.15, 0.2) is 5.54 Å². The Kier molecular flexibility index (Phi) is 5.91. The van der Waals surface area contributed by atoms with Crippen molar-refractivity contribution in [2.45, 2.75) is 30.7 Å². The van der Waals surface area contributed by atoms with Crippen LogP contribution in [0.5, 0.6) is 0 Å². The number of carbonyl (C=O) groups excluding carboxylic acids is 1. The van der Waals surface area contributed by atoms with Crippen LogP contribution >= 0.6 is 28.1 Å². The van der Waals surface area contributed by atoms with E-state index in [4.69, 9.17) is 12.2 Å². The lowest BCUT2D eigenvalue weighted by atomic mass is 9.78. The maximum atomic E-state index is 14.6. The zero-order chi connectivity index (χ0) is 21.4. The van der Waals surface area contributed by atoms with Gasteiger partial charge in [-0.1, -0.05) is 12.2 Å². The van der Waals surface area contributed by atoms with Gasteiger partial charge >= 0.3 is 0 Å². The lowest BCUT2D eigenvalue weighted by molar-refractivity contribution is -0.158. The molecule has 1 aromatic carbocycles. The number of pyridine rings is 1. The number of piperidine rings is 1. The second-order valence-corrected chi connectivity index (χ2v) is 7.78. The van der Waals surface area contributed by atoms with Crippen LogP contribution in [0, 0.1) is 5.82 Å². The Morgan fingerprint density at radius 2 is 2.00 bits per heavy atom. The van der Waals surface area contributed by atoms with Gasteiger partial charge in [-0.15, -0.1) is 0 Å². The predicted molar refractivity (Wildman–Crippen MR) is 104 cm³/mol. The Labute approximate surface area is 176 Å². The summed E-state index contributed by atoms with van der Waals surface area (Å²) in [5, 5.41) is 4.30. The third-order valence-electron chi connectivity index (χ3n) is 4.52. The first-order chi connectivity index (χ1) is 13.6. The van der Waals surface area contributed by atoms with E-state index in [9.17, 15) is 26.7 Å². The van der Waals surface area contributed by atoms with E-state index in [0.717, 1.165) is 18.2 Å². The minimum atomic E-state index is -3.99. The van der Waals surface area contributed by atoms with E-state index >= 15 is 0 Å². The summed E-state index contributed by atoms with van der Waals surface area (Å²) in [5.41, 5.74) is -4.49. The number of alkyl halides is 4. The first-order valence-corrected chi connectivity index (χ1v) is 9.47. The summed E-state index contributed by atoms with van der Waals surface area (Å²) >= 11 is 7.98. The average molecular weight is 494 g/mol. The fourth-order valence-electron chi connectivity index (χ4n) is 3.05. The summed E-state index contributed by atoms with van der Waals surface area (Å²) in [7, 11) is 0. The van der Waals surface area contributed by atoms with Gasteiger partial charge in [-0.05, 0) is 46.3 Å². The molecule has 1 aliphatic rings. The molecule has 3 rings (SSSR count). The summed E-state index contributed by atoms with van der Waals surface area (Å²) in [6.07, 6.45) is -3.57. The lowest BCUT2D eigenvalue weighted by Gasteiger charge is -2.45. The highest BCUT2D eigenvalue weighted by Gasteiger charge is 2.64. The highest BCUT2D eigenvalue weighted by atomic mass is 79.9. The fraction of sp³-hybridized carbons (Fsp3) is 0.278. The molecule has 2 aromatic rings. The van der Waals surface area contributed by atoms with E-state index in [2.05, 4.69) is 26.2 Å².